The number of carbonyl (C=O) groups is 1. The summed E-state index contributed by atoms with van der Waals surface area (Å²) < 4.78 is 69.4. The third-order valence-corrected chi connectivity index (χ3v) is 11.7. The van der Waals surface area contributed by atoms with Gasteiger partial charge in [0.2, 0.25) is 0 Å². The molecule has 0 saturated heterocycles. The van der Waals surface area contributed by atoms with E-state index < -0.39 is 47.5 Å². The van der Waals surface area contributed by atoms with Crippen molar-refractivity contribution in [1.82, 2.24) is 0 Å². The Morgan fingerprint density at radius 1 is 1.15 bits per heavy atom. The number of aliphatic imine (C=N–C) groups is 1. The van der Waals surface area contributed by atoms with Crippen molar-refractivity contribution < 1.29 is 30.7 Å². The number of rotatable bonds is 8. The summed E-state index contributed by atoms with van der Waals surface area (Å²) in [6, 6.07) is 10.6. The van der Waals surface area contributed by atoms with Crippen molar-refractivity contribution in [1.29, 1.82) is 0 Å². The molecule has 2 atom stereocenters. The second-order valence-electron chi connectivity index (χ2n) is 11.5. The van der Waals surface area contributed by atoms with Gasteiger partial charge in [-0.2, -0.15) is 8.42 Å². The number of halogens is 2. The van der Waals surface area contributed by atoms with Gasteiger partial charge in [-0.1, -0.05) is 33.6 Å². The van der Waals surface area contributed by atoms with Crippen LogP contribution in [0.25, 0.3) is 0 Å². The van der Waals surface area contributed by atoms with Gasteiger partial charge in [0.15, 0.2) is 0 Å². The quantitative estimate of drug-likeness (QED) is 0.197. The van der Waals surface area contributed by atoms with E-state index in [0.717, 1.165) is 5.56 Å². The normalized spacial score (nSPS) is 22.9. The average molecular weight is 660 g/mol. The van der Waals surface area contributed by atoms with Gasteiger partial charge in [-0.25, -0.2) is 13.0 Å². The van der Waals surface area contributed by atoms with Crippen molar-refractivity contribution in [3.63, 3.8) is 0 Å². The van der Waals surface area contributed by atoms with Crippen LogP contribution in [0.1, 0.15) is 59.1 Å². The molecule has 0 spiro atoms. The summed E-state index contributed by atoms with van der Waals surface area (Å²) in [6.45, 7) is 11.5. The fraction of sp³-hybridized carbons (Fsp3) is 0.500. The zero-order chi connectivity index (χ0) is 30.1. The van der Waals surface area contributed by atoms with Crippen LogP contribution in [0.2, 0.25) is 0 Å². The van der Waals surface area contributed by atoms with E-state index in [2.05, 4.69) is 20.3 Å². The van der Waals surface area contributed by atoms with Crippen LogP contribution in [0, 0.1) is 12.7 Å². The maximum atomic E-state index is 15.1. The number of hydrogen-bond acceptors (Lipinski definition) is 8. The summed E-state index contributed by atoms with van der Waals surface area (Å²) in [5, 5.41) is 0. The SMILES string of the molecule is Cc1ccc(S(=O)(=O)OCCN=[S@]2(=O)C[C@@](C)(c3cc(Br)ccc3F)N=C(CC(=O)OC(C)(C)C)C2(C)C)cc1. The molecule has 0 unspecified atom stereocenters. The van der Waals surface area contributed by atoms with Crippen molar-refractivity contribution in [2.75, 3.05) is 18.9 Å². The molecule has 0 amide bonds. The van der Waals surface area contributed by atoms with E-state index in [1.165, 1.54) is 18.2 Å². The van der Waals surface area contributed by atoms with Crippen LogP contribution in [0.4, 0.5) is 4.39 Å². The van der Waals surface area contributed by atoms with Crippen LogP contribution in [-0.4, -0.2) is 53.6 Å². The lowest BCUT2D eigenvalue weighted by molar-refractivity contribution is -0.153. The first-order valence-electron chi connectivity index (χ1n) is 12.7. The first kappa shape index (κ1) is 32.4. The number of hydrogen-bond donors (Lipinski definition) is 0. The Labute approximate surface area is 245 Å². The maximum Gasteiger partial charge on any atom is 0.312 e. The second kappa shape index (κ2) is 11.6. The minimum absolute atomic E-state index is 0.00441. The van der Waals surface area contributed by atoms with Crippen LogP contribution in [0.5, 0.6) is 0 Å². The number of benzene rings is 2. The molecule has 2 aromatic rings. The first-order valence-corrected chi connectivity index (χ1v) is 16.6. The summed E-state index contributed by atoms with van der Waals surface area (Å²) in [4.78, 5) is 17.6. The molecule has 0 aliphatic carbocycles. The van der Waals surface area contributed by atoms with Gasteiger partial charge in [-0.05, 0) is 78.8 Å². The Bertz CT molecular complexity index is 1540. The molecule has 0 aromatic heterocycles. The topological polar surface area (TPSA) is 111 Å². The molecule has 0 bridgehead atoms. The Kier molecular flexibility index (Phi) is 9.40. The highest BCUT2D eigenvalue weighted by molar-refractivity contribution is 9.10. The minimum atomic E-state index is -4.04. The van der Waals surface area contributed by atoms with E-state index in [9.17, 15) is 17.4 Å². The fourth-order valence-electron chi connectivity index (χ4n) is 4.34. The predicted molar refractivity (Wildman–Crippen MR) is 158 cm³/mol. The Balaban J connectivity index is 1.99. The highest BCUT2D eigenvalue weighted by Crippen LogP contribution is 2.41. The minimum Gasteiger partial charge on any atom is -0.460 e. The van der Waals surface area contributed by atoms with Gasteiger partial charge in [-0.3, -0.25) is 14.0 Å². The smallest absolute Gasteiger partial charge is 0.312 e. The summed E-state index contributed by atoms with van der Waals surface area (Å²) in [6.07, 6.45) is -0.264. The predicted octanol–water partition coefficient (Wildman–Crippen LogP) is 5.95. The third-order valence-electron chi connectivity index (χ3n) is 6.53. The van der Waals surface area contributed by atoms with Gasteiger partial charge in [0.05, 0.1) is 50.2 Å². The molecule has 1 aliphatic heterocycles. The number of ether oxygens (including phenoxy) is 1. The molecule has 2 aromatic carbocycles. The van der Waals surface area contributed by atoms with Crippen LogP contribution in [0.3, 0.4) is 0 Å². The average Bonchev–Trinajstić information content (AvgIpc) is 2.81. The summed E-state index contributed by atoms with van der Waals surface area (Å²) >= 11 is 3.36. The standard InChI is InChI=1S/C28H36BrFN2O6S2/c1-19-8-11-21(12-9-19)40(35,36)37-15-14-31-39(34)18-28(7,22-16-20(29)10-13-23(22)30)32-24(27(39,5)6)17-25(33)38-26(2,3)4/h8-13,16H,14-15,17-18H2,1-7H3/t28-,39-/m0/s1. The molecule has 1 heterocycles. The number of carbonyl (C=O) groups excluding carboxylic acids is 1. The van der Waals surface area contributed by atoms with Gasteiger partial charge >= 0.3 is 5.97 Å². The molecule has 12 heteroatoms. The Morgan fingerprint density at radius 3 is 2.38 bits per heavy atom. The lowest BCUT2D eigenvalue weighted by Gasteiger charge is -2.42. The van der Waals surface area contributed by atoms with Gasteiger partial charge in [-0.15, -0.1) is 0 Å². The van der Waals surface area contributed by atoms with Crippen LogP contribution in [0.15, 0.2) is 61.2 Å². The molecule has 8 nitrogen and oxygen atoms in total. The van der Waals surface area contributed by atoms with Crippen molar-refractivity contribution in [2.24, 2.45) is 9.36 Å². The van der Waals surface area contributed by atoms with Crippen molar-refractivity contribution in [3.05, 3.63) is 63.9 Å². The number of esters is 1. The monoisotopic (exact) mass is 658 g/mol. The van der Waals surface area contributed by atoms with Crippen molar-refractivity contribution in [3.8, 4) is 0 Å². The van der Waals surface area contributed by atoms with E-state index in [0.29, 0.717) is 4.47 Å². The molecular weight excluding hydrogens is 623 g/mol. The zero-order valence-corrected chi connectivity index (χ0v) is 27.0. The molecule has 1 aliphatic rings. The largest absolute Gasteiger partial charge is 0.460 e. The Morgan fingerprint density at radius 2 is 1.77 bits per heavy atom. The van der Waals surface area contributed by atoms with Crippen LogP contribution in [-0.2, 0) is 39.1 Å². The van der Waals surface area contributed by atoms with Crippen molar-refractivity contribution in [2.45, 2.75) is 75.7 Å². The van der Waals surface area contributed by atoms with E-state index in [1.807, 2.05) is 6.92 Å². The highest BCUT2D eigenvalue weighted by Gasteiger charge is 2.49. The highest BCUT2D eigenvalue weighted by atomic mass is 79.9. The van der Waals surface area contributed by atoms with Gasteiger partial charge in [0, 0.05) is 15.7 Å². The van der Waals surface area contributed by atoms with E-state index in [-0.39, 0.29) is 41.5 Å². The van der Waals surface area contributed by atoms with Crippen LogP contribution < -0.4 is 0 Å². The number of aryl methyl sites for hydroxylation is 1. The molecule has 3 rings (SSSR count). The van der Waals surface area contributed by atoms with Crippen LogP contribution >= 0.6 is 15.9 Å². The third kappa shape index (κ3) is 7.37. The van der Waals surface area contributed by atoms with E-state index >= 15 is 4.39 Å². The molecule has 0 saturated carbocycles. The van der Waals surface area contributed by atoms with E-state index in [1.54, 1.807) is 65.8 Å². The summed E-state index contributed by atoms with van der Waals surface area (Å²) in [7, 11) is -7.29. The molecule has 40 heavy (non-hydrogen) atoms. The van der Waals surface area contributed by atoms with E-state index in [4.69, 9.17) is 13.9 Å². The summed E-state index contributed by atoms with van der Waals surface area (Å²) in [5.74, 6) is -1.25. The lowest BCUT2D eigenvalue weighted by atomic mass is 9.92. The zero-order valence-electron chi connectivity index (χ0n) is 23.8. The molecular formula is C28H36BrFN2O6S2. The van der Waals surface area contributed by atoms with Gasteiger partial charge in [0.25, 0.3) is 10.1 Å². The fourth-order valence-corrected chi connectivity index (χ4v) is 8.21. The van der Waals surface area contributed by atoms with Gasteiger partial charge in [0.1, 0.15) is 11.4 Å². The maximum absolute atomic E-state index is 15.1. The lowest BCUT2D eigenvalue weighted by Crippen LogP contribution is -2.52. The first-order chi connectivity index (χ1) is 18.3. The molecule has 220 valence electrons. The molecule has 0 fully saturated rings. The van der Waals surface area contributed by atoms with Crippen molar-refractivity contribution >= 4 is 47.5 Å². The molecule has 0 radical (unpaired) electrons. The second-order valence-corrected chi connectivity index (χ2v) is 16.8. The Hall–Kier alpha value is -2.15. The molecule has 0 N–H and O–H groups in total. The number of nitrogens with zero attached hydrogens (tertiary/aromatic N) is 2. The van der Waals surface area contributed by atoms with Gasteiger partial charge < -0.3 is 4.74 Å². The summed E-state index contributed by atoms with van der Waals surface area (Å²) in [5.41, 5.74) is -0.714.